The molecule has 1 aliphatic rings. The van der Waals surface area contributed by atoms with Crippen molar-refractivity contribution >= 4 is 17.3 Å². The highest BCUT2D eigenvalue weighted by Gasteiger charge is 2.17. The van der Waals surface area contributed by atoms with Crippen LogP contribution in [0.1, 0.15) is 0 Å². The van der Waals surface area contributed by atoms with Crippen LogP contribution in [-0.4, -0.2) is 48.6 Å². The molecule has 0 spiro atoms. The molecule has 1 amide bonds. The van der Waals surface area contributed by atoms with Gasteiger partial charge in [-0.25, -0.2) is 4.39 Å². The average molecular weight is 283 g/mol. The van der Waals surface area contributed by atoms with Gasteiger partial charge in [-0.15, -0.1) is 0 Å². The average Bonchev–Trinajstić information content (AvgIpc) is 2.42. The quantitative estimate of drug-likeness (QED) is 0.658. The van der Waals surface area contributed by atoms with Gasteiger partial charge in [0.05, 0.1) is 30.4 Å². The van der Waals surface area contributed by atoms with Gasteiger partial charge in [-0.3, -0.25) is 19.8 Å². The number of morpholine rings is 1. The molecular formula is C12H14FN3O4. The zero-order chi connectivity index (χ0) is 14.5. The summed E-state index contributed by atoms with van der Waals surface area (Å²) in [5, 5.41) is 13.0. The Morgan fingerprint density at radius 3 is 2.80 bits per heavy atom. The molecule has 1 aromatic carbocycles. The van der Waals surface area contributed by atoms with E-state index in [0.717, 1.165) is 18.2 Å². The molecular weight excluding hydrogens is 269 g/mol. The van der Waals surface area contributed by atoms with Gasteiger partial charge in [0.2, 0.25) is 5.91 Å². The lowest BCUT2D eigenvalue weighted by Crippen LogP contribution is -2.41. The molecule has 2 rings (SSSR count). The summed E-state index contributed by atoms with van der Waals surface area (Å²) in [5.74, 6) is -1.11. The third-order valence-electron chi connectivity index (χ3n) is 2.91. The van der Waals surface area contributed by atoms with Crippen LogP contribution in [0.25, 0.3) is 0 Å². The summed E-state index contributed by atoms with van der Waals surface area (Å²) in [5.41, 5.74) is -0.453. The molecule has 108 valence electrons. The van der Waals surface area contributed by atoms with E-state index in [1.807, 2.05) is 4.90 Å². The second kappa shape index (κ2) is 6.40. The second-order valence-corrected chi connectivity index (χ2v) is 4.36. The van der Waals surface area contributed by atoms with Crippen molar-refractivity contribution < 1.29 is 18.8 Å². The molecule has 0 saturated carbocycles. The van der Waals surface area contributed by atoms with E-state index in [-0.39, 0.29) is 17.9 Å². The number of amides is 1. The smallest absolute Gasteiger partial charge is 0.271 e. The summed E-state index contributed by atoms with van der Waals surface area (Å²) >= 11 is 0. The van der Waals surface area contributed by atoms with Crippen molar-refractivity contribution in [3.8, 4) is 0 Å². The van der Waals surface area contributed by atoms with Crippen molar-refractivity contribution in [2.45, 2.75) is 0 Å². The molecule has 0 radical (unpaired) electrons. The number of anilines is 1. The van der Waals surface area contributed by atoms with Gasteiger partial charge < -0.3 is 10.1 Å². The van der Waals surface area contributed by atoms with Gasteiger partial charge in [0.25, 0.3) is 5.69 Å². The van der Waals surface area contributed by atoms with Gasteiger partial charge in [0.15, 0.2) is 0 Å². The second-order valence-electron chi connectivity index (χ2n) is 4.36. The maximum atomic E-state index is 13.5. The molecule has 0 aromatic heterocycles. The highest BCUT2D eigenvalue weighted by molar-refractivity contribution is 5.92. The van der Waals surface area contributed by atoms with Crippen molar-refractivity contribution in [2.24, 2.45) is 0 Å². The van der Waals surface area contributed by atoms with E-state index in [0.29, 0.717) is 26.3 Å². The van der Waals surface area contributed by atoms with Crippen LogP contribution in [0.2, 0.25) is 0 Å². The van der Waals surface area contributed by atoms with Crippen molar-refractivity contribution in [1.29, 1.82) is 0 Å². The van der Waals surface area contributed by atoms with Gasteiger partial charge in [-0.1, -0.05) is 0 Å². The molecule has 8 heteroatoms. The topological polar surface area (TPSA) is 84.7 Å². The first-order valence-electron chi connectivity index (χ1n) is 6.10. The molecule has 0 aliphatic carbocycles. The first-order chi connectivity index (χ1) is 9.56. The number of halogens is 1. The molecule has 1 N–H and O–H groups in total. The number of nitrogens with one attached hydrogen (secondary N) is 1. The molecule has 0 bridgehead atoms. The van der Waals surface area contributed by atoms with Crippen LogP contribution in [0.4, 0.5) is 15.8 Å². The molecule has 7 nitrogen and oxygen atoms in total. The van der Waals surface area contributed by atoms with Crippen LogP contribution < -0.4 is 5.32 Å². The normalized spacial score (nSPS) is 15.8. The minimum atomic E-state index is -0.703. The number of carbonyl (C=O) groups excluding carboxylic acids is 1. The first-order valence-corrected chi connectivity index (χ1v) is 6.10. The van der Waals surface area contributed by atoms with Crippen LogP contribution in [0.5, 0.6) is 0 Å². The number of benzene rings is 1. The molecule has 0 unspecified atom stereocenters. The zero-order valence-corrected chi connectivity index (χ0v) is 10.7. The van der Waals surface area contributed by atoms with E-state index in [9.17, 15) is 19.3 Å². The van der Waals surface area contributed by atoms with Crippen LogP contribution in [0.15, 0.2) is 18.2 Å². The minimum Gasteiger partial charge on any atom is -0.379 e. The first kappa shape index (κ1) is 14.4. The Hall–Kier alpha value is -2.06. The third-order valence-corrected chi connectivity index (χ3v) is 2.91. The summed E-state index contributed by atoms with van der Waals surface area (Å²) < 4.78 is 18.7. The maximum Gasteiger partial charge on any atom is 0.271 e. The fourth-order valence-electron chi connectivity index (χ4n) is 1.87. The summed E-state index contributed by atoms with van der Waals surface area (Å²) in [4.78, 5) is 23.6. The number of non-ortho nitro benzene ring substituents is 1. The molecule has 1 saturated heterocycles. The van der Waals surface area contributed by atoms with Gasteiger partial charge in [0, 0.05) is 25.2 Å². The number of hydrogen-bond acceptors (Lipinski definition) is 5. The zero-order valence-electron chi connectivity index (χ0n) is 10.7. The number of nitro benzene ring substituents is 1. The SMILES string of the molecule is O=C(CN1CCOCC1)Nc1cc([N+](=O)[O-])ccc1F. The molecule has 1 heterocycles. The Kier molecular flexibility index (Phi) is 4.59. The molecule has 20 heavy (non-hydrogen) atoms. The number of hydrogen-bond donors (Lipinski definition) is 1. The Morgan fingerprint density at radius 1 is 1.45 bits per heavy atom. The van der Waals surface area contributed by atoms with E-state index in [1.54, 1.807) is 0 Å². The number of ether oxygens (including phenoxy) is 1. The Bertz CT molecular complexity index is 517. The summed E-state index contributed by atoms with van der Waals surface area (Å²) in [6.07, 6.45) is 0. The minimum absolute atomic E-state index is 0.103. The number of carbonyl (C=O) groups is 1. The summed E-state index contributed by atoms with van der Waals surface area (Å²) in [7, 11) is 0. The van der Waals surface area contributed by atoms with E-state index >= 15 is 0 Å². The van der Waals surface area contributed by atoms with Gasteiger partial charge >= 0.3 is 0 Å². The molecule has 1 aliphatic heterocycles. The van der Waals surface area contributed by atoms with Gasteiger partial charge in [0.1, 0.15) is 5.82 Å². The number of nitro groups is 1. The lowest BCUT2D eigenvalue weighted by Gasteiger charge is -2.25. The van der Waals surface area contributed by atoms with Crippen LogP contribution >= 0.6 is 0 Å². The Balaban J connectivity index is 1.99. The van der Waals surface area contributed by atoms with Crippen molar-refractivity contribution in [2.75, 3.05) is 38.2 Å². The van der Waals surface area contributed by atoms with E-state index < -0.39 is 16.6 Å². The largest absolute Gasteiger partial charge is 0.379 e. The predicted molar refractivity (Wildman–Crippen MR) is 68.9 cm³/mol. The lowest BCUT2D eigenvalue weighted by molar-refractivity contribution is -0.384. The van der Waals surface area contributed by atoms with Crippen molar-refractivity contribution in [3.63, 3.8) is 0 Å². The van der Waals surface area contributed by atoms with Gasteiger partial charge in [-0.2, -0.15) is 0 Å². The highest BCUT2D eigenvalue weighted by Crippen LogP contribution is 2.21. The number of nitrogens with zero attached hydrogens (tertiary/aromatic N) is 2. The monoisotopic (exact) mass is 283 g/mol. The highest BCUT2D eigenvalue weighted by atomic mass is 19.1. The Labute approximate surface area is 114 Å². The van der Waals surface area contributed by atoms with Crippen LogP contribution in [0, 0.1) is 15.9 Å². The van der Waals surface area contributed by atoms with Crippen LogP contribution in [-0.2, 0) is 9.53 Å². The summed E-state index contributed by atoms with van der Waals surface area (Å²) in [6, 6.07) is 3.02. The van der Waals surface area contributed by atoms with Crippen molar-refractivity contribution in [3.05, 3.63) is 34.1 Å². The molecule has 0 atom stereocenters. The molecule has 1 aromatic rings. The standard InChI is InChI=1S/C12H14FN3O4/c13-10-2-1-9(16(18)19)7-11(10)14-12(17)8-15-3-5-20-6-4-15/h1-2,7H,3-6,8H2,(H,14,17). The third kappa shape index (κ3) is 3.72. The maximum absolute atomic E-state index is 13.5. The van der Waals surface area contributed by atoms with E-state index in [2.05, 4.69) is 5.32 Å². The van der Waals surface area contributed by atoms with Crippen molar-refractivity contribution in [1.82, 2.24) is 4.90 Å². The van der Waals surface area contributed by atoms with Crippen LogP contribution in [0.3, 0.4) is 0 Å². The van der Waals surface area contributed by atoms with E-state index in [1.165, 1.54) is 0 Å². The van der Waals surface area contributed by atoms with E-state index in [4.69, 9.17) is 4.74 Å². The molecule has 1 fully saturated rings. The fourth-order valence-corrected chi connectivity index (χ4v) is 1.87. The lowest BCUT2D eigenvalue weighted by atomic mass is 10.2. The predicted octanol–water partition coefficient (Wildman–Crippen LogP) is 1.00. The fraction of sp³-hybridized carbons (Fsp3) is 0.417. The van der Waals surface area contributed by atoms with Gasteiger partial charge in [-0.05, 0) is 6.07 Å². The Morgan fingerprint density at radius 2 is 2.15 bits per heavy atom. The summed E-state index contributed by atoms with van der Waals surface area (Å²) in [6.45, 7) is 2.47. The number of rotatable bonds is 4.